The predicted molar refractivity (Wildman–Crippen MR) is 71.7 cm³/mol. The van der Waals surface area contributed by atoms with Crippen molar-refractivity contribution in [1.29, 1.82) is 5.26 Å². The number of benzene rings is 1. The molecule has 0 aliphatic heterocycles. The number of esters is 1. The zero-order valence-corrected chi connectivity index (χ0v) is 12.6. The molecular weight excluding hydrogens is 293 g/mol. The third-order valence-electron chi connectivity index (χ3n) is 1.94. The second-order valence-corrected chi connectivity index (χ2v) is 7.52. The summed E-state index contributed by atoms with van der Waals surface area (Å²) in [4.78, 5) is 11.4. The van der Waals surface area contributed by atoms with Crippen molar-refractivity contribution in [2.45, 2.75) is 37.6 Å². The Morgan fingerprint density at radius 3 is 2.50 bits per heavy atom. The van der Waals surface area contributed by atoms with Gasteiger partial charge in [-0.05, 0) is 0 Å². The number of hydrogen-bond acceptors (Lipinski definition) is 3. The van der Waals surface area contributed by atoms with Gasteiger partial charge in [0.05, 0.1) is 0 Å². The first-order valence-corrected chi connectivity index (χ1v) is 7.58. The number of carbonyl (C=O) groups excluding carboxylic acids is 1. The predicted octanol–water partition coefficient (Wildman–Crippen LogP) is 2.06. The molecule has 0 radical (unpaired) electrons. The number of rotatable bonds is 4. The second kappa shape index (κ2) is 6.58. The van der Waals surface area contributed by atoms with E-state index in [4.69, 9.17) is 10.00 Å². The minimum absolute atomic E-state index is 0.0209. The molecule has 0 bridgehead atoms. The number of carbonyl (C=O) groups is 1. The van der Waals surface area contributed by atoms with Crippen LogP contribution in [0.4, 0.5) is 0 Å². The molecule has 0 spiro atoms. The second-order valence-electron chi connectivity index (χ2n) is 4.84. The van der Waals surface area contributed by atoms with Crippen LogP contribution >= 0.6 is 0 Å². The molecule has 0 amide bonds. The summed E-state index contributed by atoms with van der Waals surface area (Å²) in [5, 5.41) is 9.09. The van der Waals surface area contributed by atoms with Gasteiger partial charge in [-0.15, -0.1) is 0 Å². The van der Waals surface area contributed by atoms with Crippen LogP contribution in [-0.2, 0) is 9.53 Å². The molecule has 1 unspecified atom stereocenters. The molecule has 0 saturated carbocycles. The van der Waals surface area contributed by atoms with Crippen LogP contribution < -0.4 is 4.46 Å². The van der Waals surface area contributed by atoms with Crippen molar-refractivity contribution < 1.29 is 9.53 Å². The molecule has 0 heterocycles. The molecule has 1 aromatic rings. The summed E-state index contributed by atoms with van der Waals surface area (Å²) in [5.41, 5.74) is -0.489. The molecule has 3 nitrogen and oxygen atoms in total. The van der Waals surface area contributed by atoms with Crippen LogP contribution in [0.15, 0.2) is 30.3 Å². The topological polar surface area (TPSA) is 50.1 Å². The van der Waals surface area contributed by atoms with E-state index in [1.165, 1.54) is 0 Å². The van der Waals surface area contributed by atoms with E-state index in [0.717, 1.165) is 4.46 Å². The van der Waals surface area contributed by atoms with Crippen LogP contribution in [-0.4, -0.2) is 26.5 Å². The van der Waals surface area contributed by atoms with Crippen LogP contribution in [0.25, 0.3) is 0 Å². The van der Waals surface area contributed by atoms with E-state index >= 15 is 0 Å². The quantitative estimate of drug-likeness (QED) is 0.632. The van der Waals surface area contributed by atoms with Crippen LogP contribution in [0, 0.1) is 11.3 Å². The van der Waals surface area contributed by atoms with Gasteiger partial charge in [-0.3, -0.25) is 0 Å². The Hall–Kier alpha value is -1.30. The fourth-order valence-electron chi connectivity index (χ4n) is 1.31. The van der Waals surface area contributed by atoms with Gasteiger partial charge in [-0.1, -0.05) is 0 Å². The Bertz CT molecular complexity index is 431. The van der Waals surface area contributed by atoms with Gasteiger partial charge in [0.25, 0.3) is 0 Å². The summed E-state index contributed by atoms with van der Waals surface area (Å²) < 4.78 is 6.35. The molecule has 0 aliphatic carbocycles. The number of ether oxygens (including phenoxy) is 1. The fourth-order valence-corrected chi connectivity index (χ4v) is 3.23. The van der Waals surface area contributed by atoms with E-state index in [0.29, 0.717) is 0 Å². The Labute approximate surface area is 114 Å². The van der Waals surface area contributed by atoms with Crippen molar-refractivity contribution in [2.24, 2.45) is 0 Å². The van der Waals surface area contributed by atoms with Gasteiger partial charge < -0.3 is 0 Å². The molecule has 0 fully saturated rings. The van der Waals surface area contributed by atoms with Gasteiger partial charge in [0.15, 0.2) is 0 Å². The summed E-state index contributed by atoms with van der Waals surface area (Å²) in [5.74, 6) is -0.299. The van der Waals surface area contributed by atoms with Crippen molar-refractivity contribution in [2.75, 3.05) is 0 Å². The summed E-state index contributed by atoms with van der Waals surface area (Å²) in [7, 11) is 0. The average Bonchev–Trinajstić information content (AvgIpc) is 2.27. The Morgan fingerprint density at radius 2 is 2.00 bits per heavy atom. The van der Waals surface area contributed by atoms with Gasteiger partial charge in [0.1, 0.15) is 0 Å². The zero-order valence-electron chi connectivity index (χ0n) is 10.8. The minimum atomic E-state index is -0.489. The summed E-state index contributed by atoms with van der Waals surface area (Å²) in [6.07, 6.45) is 0.169. The molecule has 0 aliphatic rings. The van der Waals surface area contributed by atoms with Crippen molar-refractivity contribution in [3.05, 3.63) is 30.3 Å². The third-order valence-corrected chi connectivity index (χ3v) is 4.25. The number of hydrogen-bond donors (Lipinski definition) is 0. The molecule has 1 atom stereocenters. The summed E-state index contributed by atoms with van der Waals surface area (Å²) in [6, 6.07) is 12.0. The van der Waals surface area contributed by atoms with E-state index in [9.17, 15) is 4.79 Å². The molecule has 96 valence electrons. The van der Waals surface area contributed by atoms with E-state index in [1.807, 2.05) is 51.1 Å². The van der Waals surface area contributed by atoms with Gasteiger partial charge in [-0.2, -0.15) is 0 Å². The number of nitrogens with zero attached hydrogens (tertiary/aromatic N) is 1. The third kappa shape index (κ3) is 5.86. The van der Waals surface area contributed by atoms with Gasteiger partial charge in [0.2, 0.25) is 0 Å². The van der Waals surface area contributed by atoms with E-state index in [1.54, 1.807) is 0 Å². The van der Waals surface area contributed by atoms with Crippen LogP contribution in [0.5, 0.6) is 0 Å². The molecule has 4 heteroatoms. The van der Waals surface area contributed by atoms with Crippen molar-refractivity contribution in [1.82, 2.24) is 0 Å². The molecule has 0 aromatic heterocycles. The molecule has 1 aromatic carbocycles. The van der Waals surface area contributed by atoms with Gasteiger partial charge >= 0.3 is 114 Å². The molecule has 1 rings (SSSR count). The van der Waals surface area contributed by atoms with E-state index in [-0.39, 0.29) is 32.2 Å². The zero-order chi connectivity index (χ0) is 13.6. The Kier molecular flexibility index (Phi) is 5.40. The molecule has 0 saturated heterocycles. The molecular formula is C14H17NO2Se. The van der Waals surface area contributed by atoms with Crippen LogP contribution in [0.1, 0.15) is 27.2 Å². The van der Waals surface area contributed by atoms with Crippen LogP contribution in [0.2, 0.25) is 4.82 Å². The van der Waals surface area contributed by atoms with E-state index < -0.39 is 5.60 Å². The van der Waals surface area contributed by atoms with Crippen LogP contribution in [0.3, 0.4) is 0 Å². The fraction of sp³-hybridized carbons (Fsp3) is 0.429. The maximum absolute atomic E-state index is 11.7. The normalized spacial score (nSPS) is 12.6. The maximum atomic E-state index is 11.7. The van der Waals surface area contributed by atoms with Crippen molar-refractivity contribution in [3.63, 3.8) is 0 Å². The summed E-state index contributed by atoms with van der Waals surface area (Å²) in [6.45, 7) is 5.48. The van der Waals surface area contributed by atoms with Gasteiger partial charge in [0, 0.05) is 0 Å². The Morgan fingerprint density at radius 1 is 1.39 bits per heavy atom. The summed E-state index contributed by atoms with van der Waals surface area (Å²) >= 11 is -0.0209. The van der Waals surface area contributed by atoms with Gasteiger partial charge in [-0.25, -0.2) is 0 Å². The number of nitriles is 1. The first-order chi connectivity index (χ1) is 8.40. The Balaban J connectivity index is 2.54. The van der Waals surface area contributed by atoms with Crippen molar-refractivity contribution in [3.8, 4) is 6.07 Å². The standard InChI is InChI=1S/C14H17NO2Se/c1-14(2,3)17-13(16)9-12(10-15)18-11-7-5-4-6-8-11/h4-8,12H,9H2,1-3H3. The first kappa shape index (κ1) is 14.8. The monoisotopic (exact) mass is 311 g/mol. The first-order valence-electron chi connectivity index (χ1n) is 5.74. The van der Waals surface area contributed by atoms with E-state index in [2.05, 4.69) is 6.07 Å². The molecule has 18 heavy (non-hydrogen) atoms. The average molecular weight is 310 g/mol. The van der Waals surface area contributed by atoms with Crippen molar-refractivity contribution >= 4 is 25.4 Å². The SMILES string of the molecule is CC(C)(C)OC(=O)CC(C#N)[Se]c1ccccc1. The molecule has 0 N–H and O–H groups in total.